The van der Waals surface area contributed by atoms with Crippen molar-refractivity contribution in [1.29, 1.82) is 0 Å². The Balaban J connectivity index is 1.79. The second-order valence-corrected chi connectivity index (χ2v) is 5.19. The lowest BCUT2D eigenvalue weighted by Crippen LogP contribution is -2.14. The molecule has 3 nitrogen and oxygen atoms in total. The second kappa shape index (κ2) is 5.94. The van der Waals surface area contributed by atoms with E-state index in [1.807, 2.05) is 36.4 Å². The number of halogens is 1. The van der Waals surface area contributed by atoms with Crippen LogP contribution < -0.4 is 5.32 Å². The average Bonchev–Trinajstić information content (AvgIpc) is 2.50. The van der Waals surface area contributed by atoms with Gasteiger partial charge in [0.05, 0.1) is 6.42 Å². The number of rotatable bonds is 3. The Hall–Kier alpha value is -2.39. The van der Waals surface area contributed by atoms with Gasteiger partial charge in [0.1, 0.15) is 0 Å². The predicted octanol–water partition coefficient (Wildman–Crippen LogP) is 4.07. The fraction of sp³-hybridized carbons (Fsp3) is 0.0588. The standard InChI is InChI=1S/C17H13ClN2O/c18-14-6-4-12(5-7-14)10-17(21)20-16-3-1-2-13-11-19-9-8-15(13)16/h1-9,11H,10H2,(H,20,21). The zero-order valence-electron chi connectivity index (χ0n) is 11.2. The van der Waals surface area contributed by atoms with Crippen molar-refractivity contribution < 1.29 is 4.79 Å². The van der Waals surface area contributed by atoms with Gasteiger partial charge in [0.2, 0.25) is 5.91 Å². The lowest BCUT2D eigenvalue weighted by Gasteiger charge is -2.08. The molecule has 0 saturated heterocycles. The highest BCUT2D eigenvalue weighted by Gasteiger charge is 2.06. The first-order valence-electron chi connectivity index (χ1n) is 6.59. The maximum Gasteiger partial charge on any atom is 0.228 e. The minimum atomic E-state index is -0.0540. The molecule has 0 unspecified atom stereocenters. The van der Waals surface area contributed by atoms with Crippen LogP contribution in [0.25, 0.3) is 10.8 Å². The minimum Gasteiger partial charge on any atom is -0.325 e. The van der Waals surface area contributed by atoms with E-state index >= 15 is 0 Å². The quantitative estimate of drug-likeness (QED) is 0.791. The summed E-state index contributed by atoms with van der Waals surface area (Å²) >= 11 is 5.84. The van der Waals surface area contributed by atoms with Gasteiger partial charge in [-0.2, -0.15) is 0 Å². The van der Waals surface area contributed by atoms with Gasteiger partial charge in [-0.1, -0.05) is 35.9 Å². The predicted molar refractivity (Wildman–Crippen MR) is 85.5 cm³/mol. The maximum atomic E-state index is 12.2. The first kappa shape index (κ1) is 13.6. The molecular weight excluding hydrogens is 284 g/mol. The molecule has 0 radical (unpaired) electrons. The molecule has 3 aromatic rings. The average molecular weight is 297 g/mol. The fourth-order valence-corrected chi connectivity index (χ4v) is 2.34. The van der Waals surface area contributed by atoms with Crippen molar-refractivity contribution in [2.75, 3.05) is 5.32 Å². The van der Waals surface area contributed by atoms with Crippen molar-refractivity contribution in [2.45, 2.75) is 6.42 Å². The Bertz CT molecular complexity index is 779. The van der Waals surface area contributed by atoms with Gasteiger partial charge in [0.25, 0.3) is 0 Å². The van der Waals surface area contributed by atoms with Crippen molar-refractivity contribution in [3.63, 3.8) is 0 Å². The molecule has 1 N–H and O–H groups in total. The van der Waals surface area contributed by atoms with Crippen LogP contribution >= 0.6 is 11.6 Å². The summed E-state index contributed by atoms with van der Waals surface area (Å²) in [6.07, 6.45) is 3.82. The van der Waals surface area contributed by atoms with Crippen LogP contribution in [0.1, 0.15) is 5.56 Å². The summed E-state index contributed by atoms with van der Waals surface area (Å²) in [4.78, 5) is 16.2. The topological polar surface area (TPSA) is 42.0 Å². The van der Waals surface area contributed by atoms with E-state index < -0.39 is 0 Å². The van der Waals surface area contributed by atoms with Crippen LogP contribution in [0, 0.1) is 0 Å². The van der Waals surface area contributed by atoms with Crippen molar-refractivity contribution >= 4 is 34.0 Å². The first-order chi connectivity index (χ1) is 10.2. The van der Waals surface area contributed by atoms with E-state index in [9.17, 15) is 4.79 Å². The smallest absolute Gasteiger partial charge is 0.228 e. The van der Waals surface area contributed by atoms with E-state index in [1.165, 1.54) is 0 Å². The van der Waals surface area contributed by atoms with Gasteiger partial charge in [0.15, 0.2) is 0 Å². The van der Waals surface area contributed by atoms with Crippen LogP contribution in [0.15, 0.2) is 60.9 Å². The summed E-state index contributed by atoms with van der Waals surface area (Å²) in [6.45, 7) is 0. The highest BCUT2D eigenvalue weighted by Crippen LogP contribution is 2.22. The van der Waals surface area contributed by atoms with Crippen LogP contribution in [-0.4, -0.2) is 10.9 Å². The van der Waals surface area contributed by atoms with Crippen LogP contribution in [0.4, 0.5) is 5.69 Å². The molecule has 0 fully saturated rings. The van der Waals surface area contributed by atoms with E-state index in [2.05, 4.69) is 10.3 Å². The third kappa shape index (κ3) is 3.20. The molecular formula is C17H13ClN2O. The fourth-order valence-electron chi connectivity index (χ4n) is 2.21. The number of hydrogen-bond acceptors (Lipinski definition) is 2. The normalized spacial score (nSPS) is 10.5. The molecule has 2 aromatic carbocycles. The molecule has 1 heterocycles. The summed E-state index contributed by atoms with van der Waals surface area (Å²) in [7, 11) is 0. The zero-order chi connectivity index (χ0) is 14.7. The number of anilines is 1. The van der Waals surface area contributed by atoms with Gasteiger partial charge in [-0.3, -0.25) is 9.78 Å². The molecule has 1 aromatic heterocycles. The van der Waals surface area contributed by atoms with E-state index in [0.29, 0.717) is 11.4 Å². The lowest BCUT2D eigenvalue weighted by atomic mass is 10.1. The minimum absolute atomic E-state index is 0.0540. The molecule has 0 saturated carbocycles. The highest BCUT2D eigenvalue weighted by molar-refractivity contribution is 6.30. The Morgan fingerprint density at radius 3 is 2.71 bits per heavy atom. The largest absolute Gasteiger partial charge is 0.325 e. The molecule has 0 atom stereocenters. The summed E-state index contributed by atoms with van der Waals surface area (Å²) in [5.41, 5.74) is 1.73. The van der Waals surface area contributed by atoms with Crippen molar-refractivity contribution in [2.24, 2.45) is 0 Å². The molecule has 3 rings (SSSR count). The molecule has 0 aliphatic heterocycles. The van der Waals surface area contributed by atoms with Crippen molar-refractivity contribution in [3.05, 3.63) is 71.5 Å². The Morgan fingerprint density at radius 2 is 1.90 bits per heavy atom. The summed E-state index contributed by atoms with van der Waals surface area (Å²) in [6, 6.07) is 14.9. The summed E-state index contributed by atoms with van der Waals surface area (Å²) in [5.74, 6) is -0.0540. The number of aromatic nitrogens is 1. The summed E-state index contributed by atoms with van der Waals surface area (Å²) in [5, 5.41) is 5.60. The SMILES string of the molecule is O=C(Cc1ccc(Cl)cc1)Nc1cccc2cnccc12. The molecule has 1 amide bonds. The number of nitrogens with one attached hydrogen (secondary N) is 1. The van der Waals surface area contributed by atoms with Crippen molar-refractivity contribution in [3.8, 4) is 0 Å². The molecule has 104 valence electrons. The molecule has 4 heteroatoms. The summed E-state index contributed by atoms with van der Waals surface area (Å²) < 4.78 is 0. The van der Waals surface area contributed by atoms with Gasteiger partial charge in [-0.25, -0.2) is 0 Å². The van der Waals surface area contributed by atoms with E-state index in [1.54, 1.807) is 24.5 Å². The van der Waals surface area contributed by atoms with Gasteiger partial charge >= 0.3 is 0 Å². The van der Waals surface area contributed by atoms with E-state index in [4.69, 9.17) is 11.6 Å². The molecule has 0 bridgehead atoms. The molecule has 21 heavy (non-hydrogen) atoms. The Labute approximate surface area is 127 Å². The van der Waals surface area contributed by atoms with Gasteiger partial charge in [-0.15, -0.1) is 0 Å². The van der Waals surface area contributed by atoms with Crippen LogP contribution in [0.5, 0.6) is 0 Å². The van der Waals surface area contributed by atoms with Crippen LogP contribution in [-0.2, 0) is 11.2 Å². The number of benzene rings is 2. The Morgan fingerprint density at radius 1 is 1.10 bits per heavy atom. The number of carbonyl (C=O) groups is 1. The molecule has 0 spiro atoms. The number of carbonyl (C=O) groups excluding carboxylic acids is 1. The van der Waals surface area contributed by atoms with E-state index in [0.717, 1.165) is 22.0 Å². The number of nitrogens with zero attached hydrogens (tertiary/aromatic N) is 1. The highest BCUT2D eigenvalue weighted by atomic mass is 35.5. The molecule has 0 aliphatic carbocycles. The monoisotopic (exact) mass is 296 g/mol. The third-order valence-electron chi connectivity index (χ3n) is 3.23. The first-order valence-corrected chi connectivity index (χ1v) is 6.97. The maximum absolute atomic E-state index is 12.2. The molecule has 0 aliphatic rings. The third-order valence-corrected chi connectivity index (χ3v) is 3.48. The second-order valence-electron chi connectivity index (χ2n) is 4.75. The van der Waals surface area contributed by atoms with Gasteiger partial charge in [-0.05, 0) is 29.8 Å². The van der Waals surface area contributed by atoms with Crippen molar-refractivity contribution in [1.82, 2.24) is 4.98 Å². The van der Waals surface area contributed by atoms with E-state index in [-0.39, 0.29) is 5.91 Å². The Kier molecular flexibility index (Phi) is 3.84. The van der Waals surface area contributed by atoms with Gasteiger partial charge in [0, 0.05) is 33.9 Å². The van der Waals surface area contributed by atoms with Crippen LogP contribution in [0.2, 0.25) is 5.02 Å². The lowest BCUT2D eigenvalue weighted by molar-refractivity contribution is -0.115. The number of amides is 1. The number of pyridine rings is 1. The number of hydrogen-bond donors (Lipinski definition) is 1. The number of fused-ring (bicyclic) bond motifs is 1. The zero-order valence-corrected chi connectivity index (χ0v) is 12.0. The van der Waals surface area contributed by atoms with Crippen LogP contribution in [0.3, 0.4) is 0 Å². The van der Waals surface area contributed by atoms with Gasteiger partial charge < -0.3 is 5.32 Å².